The van der Waals surface area contributed by atoms with Gasteiger partial charge >= 0.3 is 0 Å². The van der Waals surface area contributed by atoms with E-state index in [0.29, 0.717) is 29.6 Å². The summed E-state index contributed by atoms with van der Waals surface area (Å²) in [6, 6.07) is 6.90. The summed E-state index contributed by atoms with van der Waals surface area (Å²) in [5.74, 6) is 0.387. The average Bonchev–Trinajstić information content (AvgIpc) is 3.23. The number of hydrogen-bond donors (Lipinski definition) is 1. The van der Waals surface area contributed by atoms with Crippen molar-refractivity contribution in [2.24, 2.45) is 18.9 Å². The highest BCUT2D eigenvalue weighted by molar-refractivity contribution is 6.07. The number of nitrogens with zero attached hydrogens (tertiary/aromatic N) is 2. The standard InChI is InChI=1S/C19H23N3O3/c1-12(2)17-15(8-11-25-17)19(24)21-14-6-4-13(5-7-14)16(23)18-20-9-10-22(18)3/h4-7,9-10,12,15,17H,8,11H2,1-3H3,(H,21,24)/t15-,17+/m0/s1. The van der Waals surface area contributed by atoms with Gasteiger partial charge in [0.25, 0.3) is 0 Å². The second-order valence-corrected chi connectivity index (χ2v) is 6.73. The predicted octanol–water partition coefficient (Wildman–Crippen LogP) is 2.65. The number of aromatic nitrogens is 2. The smallest absolute Gasteiger partial charge is 0.230 e. The molecule has 132 valence electrons. The molecule has 1 saturated heterocycles. The predicted molar refractivity (Wildman–Crippen MR) is 94.4 cm³/mol. The van der Waals surface area contributed by atoms with Gasteiger partial charge in [-0.2, -0.15) is 0 Å². The molecule has 0 aliphatic carbocycles. The molecule has 1 aliphatic heterocycles. The van der Waals surface area contributed by atoms with Crippen LogP contribution in [0.5, 0.6) is 0 Å². The summed E-state index contributed by atoms with van der Waals surface area (Å²) < 4.78 is 7.36. The number of anilines is 1. The monoisotopic (exact) mass is 341 g/mol. The molecule has 1 amide bonds. The molecule has 1 aromatic carbocycles. The second-order valence-electron chi connectivity index (χ2n) is 6.73. The first kappa shape index (κ1) is 17.4. The normalized spacial score (nSPS) is 20.0. The molecule has 3 rings (SSSR count). The van der Waals surface area contributed by atoms with E-state index in [1.165, 1.54) is 0 Å². The zero-order valence-corrected chi connectivity index (χ0v) is 14.7. The molecular formula is C19H23N3O3. The lowest BCUT2D eigenvalue weighted by molar-refractivity contribution is -0.122. The van der Waals surface area contributed by atoms with E-state index < -0.39 is 0 Å². The lowest BCUT2D eigenvalue weighted by Crippen LogP contribution is -2.32. The molecule has 25 heavy (non-hydrogen) atoms. The van der Waals surface area contributed by atoms with Crippen LogP contribution in [0.4, 0.5) is 5.69 Å². The Morgan fingerprint density at radius 2 is 2.00 bits per heavy atom. The van der Waals surface area contributed by atoms with E-state index in [4.69, 9.17) is 4.74 Å². The number of ether oxygens (including phenoxy) is 1. The van der Waals surface area contributed by atoms with Gasteiger partial charge < -0.3 is 14.6 Å². The highest BCUT2D eigenvalue weighted by atomic mass is 16.5. The molecule has 1 N–H and O–H groups in total. The lowest BCUT2D eigenvalue weighted by Gasteiger charge is -2.21. The van der Waals surface area contributed by atoms with E-state index in [9.17, 15) is 9.59 Å². The highest BCUT2D eigenvalue weighted by Gasteiger charge is 2.35. The molecule has 0 bridgehead atoms. The number of carbonyl (C=O) groups excluding carboxylic acids is 2. The van der Waals surface area contributed by atoms with Crippen molar-refractivity contribution in [1.82, 2.24) is 9.55 Å². The number of nitrogens with one attached hydrogen (secondary N) is 1. The largest absolute Gasteiger partial charge is 0.377 e. The maximum Gasteiger partial charge on any atom is 0.230 e. The van der Waals surface area contributed by atoms with Gasteiger partial charge in [-0.05, 0) is 36.6 Å². The first-order chi connectivity index (χ1) is 12.0. The Hall–Kier alpha value is -2.47. The summed E-state index contributed by atoms with van der Waals surface area (Å²) in [7, 11) is 1.78. The summed E-state index contributed by atoms with van der Waals surface area (Å²) in [4.78, 5) is 29.0. The van der Waals surface area contributed by atoms with E-state index in [0.717, 1.165) is 6.42 Å². The summed E-state index contributed by atoms with van der Waals surface area (Å²) >= 11 is 0. The Labute approximate surface area is 147 Å². The number of amides is 1. The Bertz CT molecular complexity index is 764. The maximum atomic E-state index is 12.5. The van der Waals surface area contributed by atoms with Crippen molar-refractivity contribution < 1.29 is 14.3 Å². The molecule has 2 heterocycles. The van der Waals surface area contributed by atoms with Gasteiger partial charge in [-0.25, -0.2) is 4.98 Å². The number of rotatable bonds is 5. The number of aryl methyl sites for hydroxylation is 1. The Kier molecular flexibility index (Phi) is 4.99. The molecule has 1 aromatic heterocycles. The van der Waals surface area contributed by atoms with Crippen molar-refractivity contribution in [1.29, 1.82) is 0 Å². The summed E-state index contributed by atoms with van der Waals surface area (Å²) in [6.07, 6.45) is 4.03. The Balaban J connectivity index is 1.68. The van der Waals surface area contributed by atoms with Gasteiger partial charge in [-0.15, -0.1) is 0 Å². The van der Waals surface area contributed by atoms with Crippen LogP contribution in [0.15, 0.2) is 36.7 Å². The number of hydrogen-bond acceptors (Lipinski definition) is 4. The minimum atomic E-state index is -0.144. The molecule has 1 aliphatic rings. The van der Waals surface area contributed by atoms with E-state index in [2.05, 4.69) is 24.1 Å². The van der Waals surface area contributed by atoms with Crippen molar-refractivity contribution >= 4 is 17.4 Å². The zero-order valence-electron chi connectivity index (χ0n) is 14.7. The molecule has 6 nitrogen and oxygen atoms in total. The number of carbonyl (C=O) groups is 2. The van der Waals surface area contributed by atoms with Crippen molar-refractivity contribution in [3.8, 4) is 0 Å². The molecule has 2 atom stereocenters. The van der Waals surface area contributed by atoms with Crippen LogP contribution in [0, 0.1) is 11.8 Å². The van der Waals surface area contributed by atoms with Gasteiger partial charge in [0.15, 0.2) is 5.82 Å². The lowest BCUT2D eigenvalue weighted by atomic mass is 9.92. The van der Waals surface area contributed by atoms with Gasteiger partial charge in [-0.1, -0.05) is 13.8 Å². The van der Waals surface area contributed by atoms with Crippen LogP contribution in [-0.2, 0) is 16.6 Å². The second kappa shape index (κ2) is 7.19. The fraction of sp³-hybridized carbons (Fsp3) is 0.421. The van der Waals surface area contributed by atoms with Crippen LogP contribution in [-0.4, -0.2) is 34.0 Å². The van der Waals surface area contributed by atoms with E-state index >= 15 is 0 Å². The van der Waals surface area contributed by atoms with Gasteiger partial charge in [0.2, 0.25) is 11.7 Å². The SMILES string of the molecule is CC(C)[C@H]1OCC[C@@H]1C(=O)Nc1ccc(C(=O)c2nccn2C)cc1. The fourth-order valence-electron chi connectivity index (χ4n) is 3.20. The molecular weight excluding hydrogens is 318 g/mol. The third-order valence-electron chi connectivity index (χ3n) is 4.57. The highest BCUT2D eigenvalue weighted by Crippen LogP contribution is 2.28. The summed E-state index contributed by atoms with van der Waals surface area (Å²) in [5.41, 5.74) is 1.22. The fourth-order valence-corrected chi connectivity index (χ4v) is 3.20. The Morgan fingerprint density at radius 3 is 2.60 bits per heavy atom. The molecule has 0 saturated carbocycles. The maximum absolute atomic E-state index is 12.5. The van der Waals surface area contributed by atoms with Crippen molar-refractivity contribution in [3.05, 3.63) is 48.0 Å². The van der Waals surface area contributed by atoms with Crippen LogP contribution in [0.1, 0.15) is 36.5 Å². The average molecular weight is 341 g/mol. The Morgan fingerprint density at radius 1 is 1.28 bits per heavy atom. The van der Waals surface area contributed by atoms with Crippen LogP contribution < -0.4 is 5.32 Å². The van der Waals surface area contributed by atoms with E-state index in [-0.39, 0.29) is 23.7 Å². The van der Waals surface area contributed by atoms with Crippen molar-refractivity contribution in [2.45, 2.75) is 26.4 Å². The van der Waals surface area contributed by atoms with Gasteiger partial charge in [0.05, 0.1) is 12.0 Å². The minimum Gasteiger partial charge on any atom is -0.377 e. The first-order valence-corrected chi connectivity index (χ1v) is 8.52. The van der Waals surface area contributed by atoms with Crippen LogP contribution in [0.2, 0.25) is 0 Å². The van der Waals surface area contributed by atoms with Gasteiger partial charge in [-0.3, -0.25) is 9.59 Å². The van der Waals surface area contributed by atoms with E-state index in [1.54, 1.807) is 48.3 Å². The molecule has 0 radical (unpaired) electrons. The number of ketones is 1. The first-order valence-electron chi connectivity index (χ1n) is 8.52. The van der Waals surface area contributed by atoms with Gasteiger partial charge in [0, 0.05) is 37.3 Å². The minimum absolute atomic E-state index is 0.0284. The third-order valence-corrected chi connectivity index (χ3v) is 4.57. The third kappa shape index (κ3) is 3.64. The van der Waals surface area contributed by atoms with Crippen LogP contribution in [0.25, 0.3) is 0 Å². The van der Waals surface area contributed by atoms with Crippen LogP contribution in [0.3, 0.4) is 0 Å². The topological polar surface area (TPSA) is 73.2 Å². The van der Waals surface area contributed by atoms with E-state index in [1.807, 2.05) is 0 Å². The number of benzene rings is 1. The summed E-state index contributed by atoms with van der Waals surface area (Å²) in [5, 5.41) is 2.93. The molecule has 2 aromatic rings. The molecule has 0 spiro atoms. The van der Waals surface area contributed by atoms with Crippen molar-refractivity contribution in [2.75, 3.05) is 11.9 Å². The van der Waals surface area contributed by atoms with Crippen molar-refractivity contribution in [3.63, 3.8) is 0 Å². The number of imidazole rings is 1. The van der Waals surface area contributed by atoms with Crippen LogP contribution >= 0.6 is 0 Å². The molecule has 6 heteroatoms. The summed E-state index contributed by atoms with van der Waals surface area (Å²) in [6.45, 7) is 4.75. The molecule has 0 unspecified atom stereocenters. The molecule has 1 fully saturated rings. The van der Waals surface area contributed by atoms with Gasteiger partial charge in [0.1, 0.15) is 0 Å². The quantitative estimate of drug-likeness (QED) is 0.849. The zero-order chi connectivity index (χ0) is 18.0.